The van der Waals surface area contributed by atoms with E-state index in [1.165, 1.54) is 6.42 Å². The van der Waals surface area contributed by atoms with Crippen molar-refractivity contribution in [3.8, 4) is 16.9 Å². The number of imidazole rings is 1. The third-order valence-electron chi connectivity index (χ3n) is 5.35. The van der Waals surface area contributed by atoms with Crippen LogP contribution in [0.25, 0.3) is 28.3 Å². The summed E-state index contributed by atoms with van der Waals surface area (Å²) in [7, 11) is 0. The number of nitrogens with zero attached hydrogens (tertiary/aromatic N) is 3. The highest BCUT2D eigenvalue weighted by Gasteiger charge is 2.19. The first-order chi connectivity index (χ1) is 13.8. The molecule has 148 valence electrons. The number of halogens is 1. The van der Waals surface area contributed by atoms with Gasteiger partial charge in [0, 0.05) is 17.8 Å². The number of rotatable bonds is 2. The van der Waals surface area contributed by atoms with Crippen molar-refractivity contribution in [3.63, 3.8) is 0 Å². The Morgan fingerprint density at radius 2 is 1.62 bits per heavy atom. The van der Waals surface area contributed by atoms with Gasteiger partial charge in [0.2, 0.25) is 0 Å². The van der Waals surface area contributed by atoms with Crippen LogP contribution in [0, 0.1) is 0 Å². The van der Waals surface area contributed by atoms with Crippen LogP contribution in [0.5, 0.6) is 0 Å². The fourth-order valence-corrected chi connectivity index (χ4v) is 3.96. The van der Waals surface area contributed by atoms with E-state index in [2.05, 4.69) is 5.32 Å². The molecule has 0 bridgehead atoms. The zero-order valence-electron chi connectivity index (χ0n) is 16.0. The summed E-state index contributed by atoms with van der Waals surface area (Å²) >= 11 is 0. The van der Waals surface area contributed by atoms with Crippen molar-refractivity contribution in [2.45, 2.75) is 25.7 Å². The first kappa shape index (κ1) is 19.5. The Morgan fingerprint density at radius 3 is 2.38 bits per heavy atom. The van der Waals surface area contributed by atoms with Crippen molar-refractivity contribution in [2.75, 3.05) is 6.54 Å². The molecule has 6 heteroatoms. The van der Waals surface area contributed by atoms with E-state index in [0.717, 1.165) is 54.1 Å². The number of hydrogen-bond acceptors (Lipinski definition) is 3. The molecule has 1 N–H and O–H groups in total. The average molecular weight is 451 g/mol. The van der Waals surface area contributed by atoms with E-state index in [-0.39, 0.29) is 22.5 Å². The number of nitrogens with one attached hydrogen (secondary N) is 1. The minimum atomic E-state index is -0.0160. The molecule has 2 aromatic carbocycles. The molecule has 0 aliphatic carbocycles. The van der Waals surface area contributed by atoms with Gasteiger partial charge < -0.3 is 5.32 Å². The van der Waals surface area contributed by atoms with Gasteiger partial charge in [-0.25, -0.2) is 14.2 Å². The lowest BCUT2D eigenvalue weighted by molar-refractivity contribution is 0.721. The lowest BCUT2D eigenvalue weighted by Crippen LogP contribution is -2.33. The molecule has 29 heavy (non-hydrogen) atoms. The average Bonchev–Trinajstić information content (AvgIpc) is 3.13. The molecule has 1 fully saturated rings. The summed E-state index contributed by atoms with van der Waals surface area (Å²) in [6, 6.07) is 19.9. The van der Waals surface area contributed by atoms with Gasteiger partial charge in [-0.15, -0.1) is 17.0 Å². The van der Waals surface area contributed by atoms with Crippen molar-refractivity contribution >= 4 is 28.3 Å². The lowest BCUT2D eigenvalue weighted by Gasteiger charge is -2.04. The Labute approximate surface area is 179 Å². The number of aromatic nitrogens is 3. The maximum atomic E-state index is 13.5. The Bertz CT molecular complexity index is 1220. The smallest absolute Gasteiger partial charge is 0.283 e. The molecule has 0 radical (unpaired) electrons. The number of para-hydroxylation sites is 1. The molecule has 0 amide bonds. The molecular weight excluding hydrogens is 428 g/mol. The van der Waals surface area contributed by atoms with Crippen LogP contribution in [-0.2, 0) is 0 Å². The summed E-state index contributed by atoms with van der Waals surface area (Å²) in [5, 5.41) is 4.20. The van der Waals surface area contributed by atoms with Crippen LogP contribution in [0.15, 0.2) is 71.7 Å². The largest absolute Gasteiger partial charge is 0.388 e. The Kier molecular flexibility index (Phi) is 5.53. The summed E-state index contributed by atoms with van der Waals surface area (Å²) in [6.45, 7) is 0.906. The molecule has 3 heterocycles. The zero-order chi connectivity index (χ0) is 18.9. The number of hydrogen-bond donors (Lipinski definition) is 1. The summed E-state index contributed by atoms with van der Waals surface area (Å²) in [5.74, 6) is 0. The van der Waals surface area contributed by atoms with E-state index >= 15 is 0 Å². The molecule has 1 saturated heterocycles. The van der Waals surface area contributed by atoms with Crippen molar-refractivity contribution < 1.29 is 0 Å². The maximum Gasteiger partial charge on any atom is 0.283 e. The van der Waals surface area contributed by atoms with Gasteiger partial charge in [0.1, 0.15) is 5.22 Å². The highest BCUT2D eigenvalue weighted by molar-refractivity contribution is 8.93. The fourth-order valence-electron chi connectivity index (χ4n) is 3.96. The van der Waals surface area contributed by atoms with Crippen molar-refractivity contribution in [3.05, 3.63) is 82.4 Å². The van der Waals surface area contributed by atoms with E-state index < -0.39 is 0 Å². The normalized spacial score (nSPS) is 16.1. The van der Waals surface area contributed by atoms with Gasteiger partial charge >= 0.3 is 0 Å². The molecule has 1 aliphatic rings. The topological polar surface area (TPSA) is 51.3 Å². The van der Waals surface area contributed by atoms with Gasteiger partial charge in [-0.2, -0.15) is 0 Å². The second-order valence-corrected chi connectivity index (χ2v) is 7.20. The van der Waals surface area contributed by atoms with Crippen molar-refractivity contribution in [1.29, 1.82) is 0 Å². The highest BCUT2D eigenvalue weighted by atomic mass is 79.9. The zero-order valence-corrected chi connectivity index (χ0v) is 17.8. The van der Waals surface area contributed by atoms with Crippen LogP contribution in [0.2, 0.25) is 0 Å². The van der Waals surface area contributed by atoms with Gasteiger partial charge in [0.05, 0.1) is 17.6 Å². The Balaban J connectivity index is 0.00000205. The molecule has 1 aliphatic heterocycles. The second-order valence-electron chi connectivity index (χ2n) is 7.20. The summed E-state index contributed by atoms with van der Waals surface area (Å²) in [6.07, 6.45) is 6.26. The predicted octanol–water partition coefficient (Wildman–Crippen LogP) is 3.72. The minimum Gasteiger partial charge on any atom is -0.388 e. The molecule has 5 nitrogen and oxygen atoms in total. The second kappa shape index (κ2) is 8.25. The van der Waals surface area contributed by atoms with Gasteiger partial charge in [-0.05, 0) is 31.4 Å². The fraction of sp³-hybridized carbons (Fsp3) is 0.217. The lowest BCUT2D eigenvalue weighted by atomic mass is 10.2. The van der Waals surface area contributed by atoms with Gasteiger partial charge in [0.15, 0.2) is 5.65 Å². The van der Waals surface area contributed by atoms with Crippen LogP contribution in [0.4, 0.5) is 0 Å². The van der Waals surface area contributed by atoms with E-state index in [1.807, 2.05) is 71.4 Å². The number of fused-ring (bicyclic) bond motifs is 1. The van der Waals surface area contributed by atoms with E-state index in [4.69, 9.17) is 4.98 Å². The van der Waals surface area contributed by atoms with Gasteiger partial charge in [-0.1, -0.05) is 55.0 Å². The summed E-state index contributed by atoms with van der Waals surface area (Å²) in [5.41, 5.74) is 4.48. The van der Waals surface area contributed by atoms with Gasteiger partial charge in [-0.3, -0.25) is 4.79 Å². The summed E-state index contributed by atoms with van der Waals surface area (Å²) < 4.78 is 3.62. The highest BCUT2D eigenvalue weighted by Crippen LogP contribution is 2.19. The van der Waals surface area contributed by atoms with Crippen LogP contribution in [0.3, 0.4) is 0 Å². The van der Waals surface area contributed by atoms with Gasteiger partial charge in [0.25, 0.3) is 5.56 Å². The third kappa shape index (κ3) is 3.49. The predicted molar refractivity (Wildman–Crippen MR) is 122 cm³/mol. The molecule has 0 atom stereocenters. The van der Waals surface area contributed by atoms with E-state index in [0.29, 0.717) is 5.22 Å². The Hall–Kier alpha value is -2.86. The van der Waals surface area contributed by atoms with Crippen LogP contribution in [-0.4, -0.2) is 20.7 Å². The molecule has 2 aromatic heterocycles. The Morgan fingerprint density at radius 1 is 0.897 bits per heavy atom. The molecule has 4 aromatic rings. The van der Waals surface area contributed by atoms with Crippen molar-refractivity contribution in [1.82, 2.24) is 19.5 Å². The van der Waals surface area contributed by atoms with Crippen LogP contribution >= 0.6 is 17.0 Å². The maximum absolute atomic E-state index is 13.5. The van der Waals surface area contributed by atoms with Crippen molar-refractivity contribution in [2.24, 2.45) is 0 Å². The third-order valence-corrected chi connectivity index (χ3v) is 5.35. The first-order valence-electron chi connectivity index (χ1n) is 9.85. The standard InChI is InChI=1S/C23H22N4O.BrH/c28-23-21(19-14-8-3-9-15-24-19)22-25-20(17-10-4-1-5-11-17)16-26(22)27(23)18-12-6-2-7-13-18;/h1-2,4-7,10-13,16,24H,3,8-9,14-15H2;1H. The molecular formula is C23H23BrN4O. The monoisotopic (exact) mass is 450 g/mol. The molecule has 0 spiro atoms. The minimum absolute atomic E-state index is 0. The first-order valence-corrected chi connectivity index (χ1v) is 9.85. The molecule has 5 rings (SSSR count). The van der Waals surface area contributed by atoms with Crippen LogP contribution < -0.4 is 16.1 Å². The van der Waals surface area contributed by atoms with E-state index in [9.17, 15) is 4.79 Å². The van der Waals surface area contributed by atoms with Crippen LogP contribution in [0.1, 0.15) is 25.7 Å². The molecule has 0 saturated carbocycles. The SMILES string of the molecule is Br.O=c1c(=C2CCCCCN2)c2nc(-c3ccccc3)cn2n1-c1ccccc1. The molecule has 0 unspecified atom stereocenters. The van der Waals surface area contributed by atoms with E-state index in [1.54, 1.807) is 4.68 Å². The quantitative estimate of drug-likeness (QED) is 0.506. The summed E-state index contributed by atoms with van der Waals surface area (Å²) in [4.78, 5) is 18.3. The number of benzene rings is 2.